The van der Waals surface area contributed by atoms with Crippen molar-refractivity contribution in [1.82, 2.24) is 4.90 Å². The van der Waals surface area contributed by atoms with Crippen molar-refractivity contribution < 1.29 is 9.90 Å². The van der Waals surface area contributed by atoms with Crippen molar-refractivity contribution in [3.8, 4) is 0 Å². The number of rotatable bonds is 9. The summed E-state index contributed by atoms with van der Waals surface area (Å²) in [6.45, 7) is 1.03. The normalized spacial score (nSPS) is 10.4. The van der Waals surface area contributed by atoms with Crippen molar-refractivity contribution in [3.05, 3.63) is 30.3 Å². The van der Waals surface area contributed by atoms with Crippen LogP contribution >= 0.6 is 11.8 Å². The molecule has 0 saturated heterocycles. The largest absolute Gasteiger partial charge is 0.396 e. The van der Waals surface area contributed by atoms with Crippen LogP contribution in [0, 0.1) is 0 Å². The molecule has 0 spiro atoms. The van der Waals surface area contributed by atoms with E-state index in [2.05, 4.69) is 12.1 Å². The molecule has 19 heavy (non-hydrogen) atoms. The first-order valence-electron chi connectivity index (χ1n) is 6.76. The summed E-state index contributed by atoms with van der Waals surface area (Å²) in [5.41, 5.74) is 0. The first kappa shape index (κ1) is 16.1. The second kappa shape index (κ2) is 9.87. The first-order chi connectivity index (χ1) is 9.24. The molecular formula is C15H23NO2S. The van der Waals surface area contributed by atoms with Crippen LogP contribution in [0.3, 0.4) is 0 Å². The van der Waals surface area contributed by atoms with Crippen LogP contribution in [0.1, 0.15) is 25.7 Å². The number of hydrogen-bond acceptors (Lipinski definition) is 3. The van der Waals surface area contributed by atoms with Gasteiger partial charge in [0.25, 0.3) is 0 Å². The molecule has 0 aliphatic carbocycles. The number of nitrogens with zero attached hydrogens (tertiary/aromatic N) is 1. The van der Waals surface area contributed by atoms with Crippen LogP contribution in [0.2, 0.25) is 0 Å². The molecule has 1 amide bonds. The number of carbonyl (C=O) groups is 1. The number of amides is 1. The Morgan fingerprint density at radius 2 is 1.95 bits per heavy atom. The average Bonchev–Trinajstić information content (AvgIpc) is 2.44. The fourth-order valence-electron chi connectivity index (χ4n) is 1.73. The van der Waals surface area contributed by atoms with E-state index >= 15 is 0 Å². The lowest BCUT2D eigenvalue weighted by Gasteiger charge is -2.16. The van der Waals surface area contributed by atoms with Gasteiger partial charge in [-0.3, -0.25) is 4.79 Å². The number of hydrogen-bond donors (Lipinski definition) is 1. The molecule has 0 aliphatic rings. The van der Waals surface area contributed by atoms with Crippen molar-refractivity contribution >= 4 is 17.7 Å². The maximum absolute atomic E-state index is 11.9. The molecule has 0 saturated carbocycles. The van der Waals surface area contributed by atoms with Gasteiger partial charge < -0.3 is 10.0 Å². The van der Waals surface area contributed by atoms with E-state index in [1.807, 2.05) is 25.2 Å². The van der Waals surface area contributed by atoms with Gasteiger partial charge in [-0.2, -0.15) is 0 Å². The fraction of sp³-hybridized carbons (Fsp3) is 0.533. The van der Waals surface area contributed by atoms with Crippen LogP contribution in [0.4, 0.5) is 0 Å². The van der Waals surface area contributed by atoms with E-state index in [-0.39, 0.29) is 12.5 Å². The van der Waals surface area contributed by atoms with Crippen LogP contribution in [0.5, 0.6) is 0 Å². The molecule has 0 radical (unpaired) electrons. The molecule has 0 aromatic heterocycles. The lowest BCUT2D eigenvalue weighted by atomic mass is 10.2. The smallest absolute Gasteiger partial charge is 0.223 e. The highest BCUT2D eigenvalue weighted by Crippen LogP contribution is 2.18. The summed E-state index contributed by atoms with van der Waals surface area (Å²) in [5, 5.41) is 8.68. The molecule has 1 rings (SSSR count). The van der Waals surface area contributed by atoms with E-state index in [1.54, 1.807) is 16.7 Å². The van der Waals surface area contributed by atoms with E-state index < -0.39 is 0 Å². The van der Waals surface area contributed by atoms with E-state index in [1.165, 1.54) is 4.90 Å². The Morgan fingerprint density at radius 3 is 2.63 bits per heavy atom. The Labute approximate surface area is 120 Å². The van der Waals surface area contributed by atoms with Crippen molar-refractivity contribution in [2.24, 2.45) is 0 Å². The zero-order chi connectivity index (χ0) is 13.9. The average molecular weight is 281 g/mol. The summed E-state index contributed by atoms with van der Waals surface area (Å²) in [7, 11) is 1.86. The number of carbonyl (C=O) groups excluding carboxylic acids is 1. The lowest BCUT2D eigenvalue weighted by Crippen LogP contribution is -2.27. The first-order valence-corrected chi connectivity index (χ1v) is 7.75. The Morgan fingerprint density at radius 1 is 1.21 bits per heavy atom. The van der Waals surface area contributed by atoms with Crippen LogP contribution < -0.4 is 0 Å². The van der Waals surface area contributed by atoms with E-state index in [4.69, 9.17) is 5.11 Å². The summed E-state index contributed by atoms with van der Waals surface area (Å²) in [6.07, 6.45) is 3.35. The molecule has 0 fully saturated rings. The second-order valence-electron chi connectivity index (χ2n) is 4.51. The predicted molar refractivity (Wildman–Crippen MR) is 80.4 cm³/mol. The van der Waals surface area contributed by atoms with Gasteiger partial charge in [0.15, 0.2) is 0 Å². The molecule has 0 heterocycles. The van der Waals surface area contributed by atoms with Gasteiger partial charge in [0, 0.05) is 37.3 Å². The minimum Gasteiger partial charge on any atom is -0.396 e. The monoisotopic (exact) mass is 281 g/mol. The van der Waals surface area contributed by atoms with Crippen molar-refractivity contribution in [3.63, 3.8) is 0 Å². The van der Waals surface area contributed by atoms with Gasteiger partial charge in [-0.1, -0.05) is 18.2 Å². The molecule has 1 N–H and O–H groups in total. The molecule has 106 valence electrons. The highest BCUT2D eigenvalue weighted by atomic mass is 32.2. The molecule has 3 nitrogen and oxygen atoms in total. The molecule has 0 bridgehead atoms. The third-order valence-electron chi connectivity index (χ3n) is 2.91. The number of thioether (sulfide) groups is 1. The highest BCUT2D eigenvalue weighted by molar-refractivity contribution is 7.99. The van der Waals surface area contributed by atoms with Gasteiger partial charge in [-0.05, 0) is 31.4 Å². The van der Waals surface area contributed by atoms with Crippen LogP contribution in [0.15, 0.2) is 35.2 Å². The van der Waals surface area contributed by atoms with Gasteiger partial charge in [-0.15, -0.1) is 11.8 Å². The fourth-order valence-corrected chi connectivity index (χ4v) is 2.59. The number of aliphatic hydroxyl groups excluding tert-OH is 1. The van der Waals surface area contributed by atoms with Gasteiger partial charge in [0.2, 0.25) is 5.91 Å². The quantitative estimate of drug-likeness (QED) is 0.559. The molecule has 0 aliphatic heterocycles. The zero-order valence-corrected chi connectivity index (χ0v) is 12.4. The standard InChI is InChI=1S/C15H23NO2S/c1-16(11-6-3-7-12-17)15(18)10-13-19-14-8-4-2-5-9-14/h2,4-5,8-9,17H,3,6-7,10-13H2,1H3. The number of aliphatic hydroxyl groups is 1. The number of unbranched alkanes of at least 4 members (excludes halogenated alkanes) is 2. The zero-order valence-electron chi connectivity index (χ0n) is 11.5. The maximum atomic E-state index is 11.9. The van der Waals surface area contributed by atoms with Crippen molar-refractivity contribution in [1.29, 1.82) is 0 Å². The number of benzene rings is 1. The van der Waals surface area contributed by atoms with E-state index in [0.717, 1.165) is 31.6 Å². The molecule has 4 heteroatoms. The minimum atomic E-state index is 0.201. The summed E-state index contributed by atoms with van der Waals surface area (Å²) >= 11 is 1.72. The van der Waals surface area contributed by atoms with E-state index in [9.17, 15) is 4.79 Å². The van der Waals surface area contributed by atoms with Crippen molar-refractivity contribution in [2.45, 2.75) is 30.6 Å². The third kappa shape index (κ3) is 7.23. The molecular weight excluding hydrogens is 258 g/mol. The van der Waals surface area contributed by atoms with Crippen LogP contribution in [0.25, 0.3) is 0 Å². The summed E-state index contributed by atoms with van der Waals surface area (Å²) in [6, 6.07) is 10.1. The van der Waals surface area contributed by atoms with Gasteiger partial charge in [-0.25, -0.2) is 0 Å². The minimum absolute atomic E-state index is 0.201. The third-order valence-corrected chi connectivity index (χ3v) is 3.92. The predicted octanol–water partition coefficient (Wildman–Crippen LogP) is 2.79. The summed E-state index contributed by atoms with van der Waals surface area (Å²) < 4.78 is 0. The Kier molecular flexibility index (Phi) is 8.34. The van der Waals surface area contributed by atoms with Crippen molar-refractivity contribution in [2.75, 3.05) is 26.0 Å². The molecule has 0 atom stereocenters. The summed E-state index contributed by atoms with van der Waals surface area (Å²) in [4.78, 5) is 14.9. The Hall–Kier alpha value is -1.00. The molecule has 1 aromatic rings. The lowest BCUT2D eigenvalue weighted by molar-refractivity contribution is -0.129. The highest BCUT2D eigenvalue weighted by Gasteiger charge is 2.07. The van der Waals surface area contributed by atoms with E-state index in [0.29, 0.717) is 6.42 Å². The second-order valence-corrected chi connectivity index (χ2v) is 5.68. The molecule has 0 unspecified atom stereocenters. The maximum Gasteiger partial charge on any atom is 0.223 e. The van der Waals surface area contributed by atoms with Gasteiger partial charge in [0.1, 0.15) is 0 Å². The Bertz CT molecular complexity index is 356. The molecule has 1 aromatic carbocycles. The SMILES string of the molecule is CN(CCCCCO)C(=O)CCSc1ccccc1. The van der Waals surface area contributed by atoms with Gasteiger partial charge in [0.05, 0.1) is 0 Å². The van der Waals surface area contributed by atoms with Crippen LogP contribution in [-0.4, -0.2) is 41.9 Å². The topological polar surface area (TPSA) is 40.5 Å². The van der Waals surface area contributed by atoms with Crippen LogP contribution in [-0.2, 0) is 4.79 Å². The Balaban J connectivity index is 2.13. The van der Waals surface area contributed by atoms with Gasteiger partial charge >= 0.3 is 0 Å². The summed E-state index contributed by atoms with van der Waals surface area (Å²) in [5.74, 6) is 1.02.